The van der Waals surface area contributed by atoms with Crippen LogP contribution in [-0.4, -0.2) is 46.2 Å². The molecule has 4 N–H and O–H groups in total. The van der Waals surface area contributed by atoms with E-state index in [0.717, 1.165) is 111 Å². The maximum absolute atomic E-state index is 13.6. The molecule has 12 nitrogen and oxygen atoms in total. The molecular weight excluding hydrogens is 1070 g/mol. The van der Waals surface area contributed by atoms with Gasteiger partial charge in [0.1, 0.15) is 35.5 Å². The van der Waals surface area contributed by atoms with Gasteiger partial charge in [-0.05, 0) is 225 Å². The fraction of sp³-hybridized carbons (Fsp3) is 0.676. The smallest absolute Gasteiger partial charge is 0.413 e. The second kappa shape index (κ2) is 25.5. The van der Waals surface area contributed by atoms with Gasteiger partial charge in [0, 0.05) is 24.0 Å². The zero-order valence-electron chi connectivity index (χ0n) is 53.9. The fourth-order valence-corrected chi connectivity index (χ4v) is 20.4. The summed E-state index contributed by atoms with van der Waals surface area (Å²) in [7, 11) is 0. The summed E-state index contributed by atoms with van der Waals surface area (Å²) >= 11 is 0. The van der Waals surface area contributed by atoms with Gasteiger partial charge in [0.05, 0.1) is 0 Å². The Labute approximate surface area is 515 Å². The van der Waals surface area contributed by atoms with Gasteiger partial charge in [0.15, 0.2) is 0 Å². The first-order chi connectivity index (χ1) is 41.1. The van der Waals surface area contributed by atoms with Crippen LogP contribution in [0.3, 0.4) is 0 Å². The molecule has 8 aliphatic carbocycles. The molecule has 3 aromatic rings. The van der Waals surface area contributed by atoms with Gasteiger partial charge in [0.25, 0.3) is 11.8 Å². The van der Waals surface area contributed by atoms with Crippen molar-refractivity contribution >= 4 is 47.3 Å². The molecule has 466 valence electrons. The van der Waals surface area contributed by atoms with Crippen molar-refractivity contribution in [1.29, 1.82) is 0 Å². The number of fused-ring (bicyclic) bond motifs is 10. The number of nitrogens with one attached hydrogen (secondary N) is 4. The van der Waals surface area contributed by atoms with Gasteiger partial charge < -0.3 is 20.1 Å². The molecule has 16 unspecified atom stereocenters. The van der Waals surface area contributed by atoms with E-state index >= 15 is 0 Å². The molecule has 6 saturated carbocycles. The lowest BCUT2D eigenvalue weighted by Gasteiger charge is -2.58. The van der Waals surface area contributed by atoms with Crippen LogP contribution in [0.4, 0.5) is 32.9 Å². The number of allylic oxidation sites excluding steroid dienone is 2. The van der Waals surface area contributed by atoms with Crippen LogP contribution in [0.5, 0.6) is 0 Å². The Bertz CT molecular complexity index is 2830. The number of benzene rings is 1. The number of nitrogens with zero attached hydrogens (tertiary/aromatic N) is 2. The third kappa shape index (κ3) is 12.7. The lowest BCUT2D eigenvalue weighted by Crippen LogP contribution is -2.51. The lowest BCUT2D eigenvalue weighted by molar-refractivity contribution is -0.0577. The number of pyridine rings is 2. The standard InChI is InChI=1S/C74H104N6O6/c1-45(2)16-11-18-47(5)57-30-32-59-55-28-26-51-43-53(34-38-71(51,7)61(55)36-40-73(57,59)9)85-69(83)79-65-24-14-22-63(75-65)77-67(81)49-20-13-21-50(42-49)68(82)78-64-23-15-25-66(76-64)80-70(84)86-54-35-39-72(8)52(44-54)27-29-56-60-33-31-58(48(6)19-12-17-46(3)4)74(60,10)41-37-62(56)72/h13-15,20-27,42,45-48,53-62H,11-12,16-19,28-41,43-44H2,1-10H3,(H2,75,77,79,81,83)(H2,76,78,80,82,84). The van der Waals surface area contributed by atoms with Crippen molar-refractivity contribution in [2.75, 3.05) is 21.3 Å². The largest absolute Gasteiger partial charge is 0.446 e. The molecule has 2 heterocycles. The summed E-state index contributed by atoms with van der Waals surface area (Å²) < 4.78 is 12.2. The summed E-state index contributed by atoms with van der Waals surface area (Å²) in [5.41, 5.74) is 4.62. The molecule has 0 radical (unpaired) electrons. The van der Waals surface area contributed by atoms with Gasteiger partial charge in [0.2, 0.25) is 0 Å². The lowest BCUT2D eigenvalue weighted by atomic mass is 9.47. The quantitative estimate of drug-likeness (QED) is 0.0916. The van der Waals surface area contributed by atoms with Crippen molar-refractivity contribution in [1.82, 2.24) is 9.97 Å². The van der Waals surface area contributed by atoms with E-state index < -0.39 is 24.0 Å². The van der Waals surface area contributed by atoms with Gasteiger partial charge >= 0.3 is 12.2 Å². The first-order valence-electron chi connectivity index (χ1n) is 34.1. The first-order valence-corrected chi connectivity index (χ1v) is 34.1. The minimum atomic E-state index is -0.561. The number of carbonyl (C=O) groups excluding carboxylic acids is 4. The second-order valence-corrected chi connectivity index (χ2v) is 30.7. The van der Waals surface area contributed by atoms with E-state index in [1.54, 1.807) is 54.6 Å². The molecule has 2 aromatic heterocycles. The predicted octanol–water partition coefficient (Wildman–Crippen LogP) is 18.9. The molecule has 0 aliphatic heterocycles. The topological polar surface area (TPSA) is 161 Å². The van der Waals surface area contributed by atoms with Crippen LogP contribution in [0.25, 0.3) is 0 Å². The Hall–Kier alpha value is -5.52. The Kier molecular flexibility index (Phi) is 18.4. The molecule has 1 aromatic carbocycles. The maximum Gasteiger partial charge on any atom is 0.413 e. The Balaban J connectivity index is 0.629. The van der Waals surface area contributed by atoms with Gasteiger partial charge in [-0.1, -0.05) is 149 Å². The van der Waals surface area contributed by atoms with Crippen LogP contribution >= 0.6 is 0 Å². The van der Waals surface area contributed by atoms with Crippen LogP contribution < -0.4 is 21.3 Å². The maximum atomic E-state index is 13.6. The molecule has 4 amide bonds. The fourth-order valence-electron chi connectivity index (χ4n) is 20.4. The number of rotatable bonds is 18. The Morgan fingerprint density at radius 1 is 0.488 bits per heavy atom. The summed E-state index contributed by atoms with van der Waals surface area (Å²) in [5.74, 6) is 9.33. The van der Waals surface area contributed by atoms with Gasteiger partial charge in [-0.15, -0.1) is 0 Å². The van der Waals surface area contributed by atoms with E-state index in [1.165, 1.54) is 107 Å². The molecule has 16 atom stereocenters. The molecule has 8 aliphatic rings. The number of aromatic nitrogens is 2. The van der Waals surface area contributed by atoms with E-state index in [2.05, 4.69) is 113 Å². The molecule has 11 rings (SSSR count). The zero-order valence-corrected chi connectivity index (χ0v) is 53.9. The van der Waals surface area contributed by atoms with Crippen molar-refractivity contribution < 1.29 is 28.7 Å². The number of anilines is 4. The Morgan fingerprint density at radius 2 is 0.884 bits per heavy atom. The molecule has 0 spiro atoms. The minimum Gasteiger partial charge on any atom is -0.446 e. The highest BCUT2D eigenvalue weighted by atomic mass is 16.6. The highest BCUT2D eigenvalue weighted by molar-refractivity contribution is 6.08. The number of ether oxygens (including phenoxy) is 2. The van der Waals surface area contributed by atoms with Crippen LogP contribution in [-0.2, 0) is 9.47 Å². The number of amides is 4. The summed E-state index contributed by atoms with van der Waals surface area (Å²) in [5, 5.41) is 11.2. The van der Waals surface area contributed by atoms with Crippen LogP contribution in [0.2, 0.25) is 0 Å². The van der Waals surface area contributed by atoms with Crippen molar-refractivity contribution in [3.05, 3.63) is 95.1 Å². The highest BCUT2D eigenvalue weighted by Gasteiger charge is 2.61. The highest BCUT2D eigenvalue weighted by Crippen LogP contribution is 2.69. The summed E-state index contributed by atoms with van der Waals surface area (Å²) in [4.78, 5) is 63.1. The molecule has 12 heteroatoms. The monoisotopic (exact) mass is 1170 g/mol. The first kappa shape index (κ1) is 62.1. The van der Waals surface area contributed by atoms with Crippen LogP contribution in [0.15, 0.2) is 84.0 Å². The van der Waals surface area contributed by atoms with Crippen molar-refractivity contribution in [2.45, 2.75) is 223 Å². The normalized spacial score (nSPS) is 34.1. The molecule has 0 saturated heterocycles. The zero-order chi connectivity index (χ0) is 60.7. The van der Waals surface area contributed by atoms with E-state index in [9.17, 15) is 19.2 Å². The SMILES string of the molecule is CC(C)CCCC(C)C1CCC2C3CC=C4CC(OC(=O)Nc5cccc(NC(=O)c6cccc(C(=O)Nc7cccc(NC(=O)OC8CCC9(C)C(=CCC%10C9CCC9(C)C(C(C)CCCC(C)C)CCC%109)C8)n7)c6)n5)CCC4(C)C3CCC12C. The average molecular weight is 1170 g/mol. The van der Waals surface area contributed by atoms with Crippen LogP contribution in [0.1, 0.15) is 231 Å². The average Bonchev–Trinajstić information content (AvgIpc) is 2.30. The van der Waals surface area contributed by atoms with Gasteiger partial charge in [-0.3, -0.25) is 20.2 Å². The summed E-state index contributed by atoms with van der Waals surface area (Å²) in [6, 6.07) is 16.4. The minimum absolute atomic E-state index is 0.152. The Morgan fingerprint density at radius 3 is 1.29 bits per heavy atom. The van der Waals surface area contributed by atoms with E-state index in [1.807, 2.05) is 0 Å². The third-order valence-corrected chi connectivity index (χ3v) is 24.9. The second-order valence-electron chi connectivity index (χ2n) is 30.7. The van der Waals surface area contributed by atoms with E-state index in [-0.39, 0.29) is 57.4 Å². The van der Waals surface area contributed by atoms with E-state index in [4.69, 9.17) is 9.47 Å². The molecule has 0 bridgehead atoms. The van der Waals surface area contributed by atoms with Crippen molar-refractivity contribution in [3.8, 4) is 0 Å². The molecule has 86 heavy (non-hydrogen) atoms. The number of carbonyl (C=O) groups is 4. The molecule has 6 fully saturated rings. The molecular formula is C74H104N6O6. The van der Waals surface area contributed by atoms with Gasteiger partial charge in [-0.2, -0.15) is 0 Å². The number of hydrogen-bond donors (Lipinski definition) is 4. The van der Waals surface area contributed by atoms with Crippen molar-refractivity contribution in [2.24, 2.45) is 92.7 Å². The third-order valence-electron chi connectivity index (χ3n) is 24.9. The van der Waals surface area contributed by atoms with Crippen LogP contribution in [0, 0.1) is 92.7 Å². The summed E-state index contributed by atoms with van der Waals surface area (Å²) in [6.07, 6.45) is 30.0. The van der Waals surface area contributed by atoms with Crippen molar-refractivity contribution in [3.63, 3.8) is 0 Å². The van der Waals surface area contributed by atoms with E-state index in [0.29, 0.717) is 22.7 Å². The summed E-state index contributed by atoms with van der Waals surface area (Å²) in [6.45, 7) is 24.8. The van der Waals surface area contributed by atoms with Gasteiger partial charge in [-0.25, -0.2) is 19.6 Å². The number of hydrogen-bond acceptors (Lipinski definition) is 8. The predicted molar refractivity (Wildman–Crippen MR) is 345 cm³/mol.